The van der Waals surface area contributed by atoms with Crippen LogP contribution in [0.5, 0.6) is 17.4 Å². The van der Waals surface area contributed by atoms with Gasteiger partial charge in [-0.1, -0.05) is 41.4 Å². The van der Waals surface area contributed by atoms with Gasteiger partial charge in [-0.3, -0.25) is 9.80 Å². The summed E-state index contributed by atoms with van der Waals surface area (Å²) < 4.78 is 23.4. The van der Waals surface area contributed by atoms with E-state index in [1.165, 1.54) is 43.8 Å². The number of pyridine rings is 2. The molecule has 14 heteroatoms. The third-order valence-corrected chi connectivity index (χ3v) is 9.77. The van der Waals surface area contributed by atoms with Gasteiger partial charge in [0.25, 0.3) is 0 Å². The fourth-order valence-corrected chi connectivity index (χ4v) is 6.95. The van der Waals surface area contributed by atoms with Gasteiger partial charge in [0.1, 0.15) is 22.3 Å². The minimum absolute atomic E-state index is 0.0646. The number of amides is 1. The van der Waals surface area contributed by atoms with Gasteiger partial charge in [-0.15, -0.1) is 0 Å². The molecule has 12 nitrogen and oxygen atoms in total. The van der Waals surface area contributed by atoms with Crippen molar-refractivity contribution in [3.63, 3.8) is 0 Å². The average molecular weight is 724 g/mol. The molecule has 0 saturated carbocycles. The molecule has 2 bridgehead atoms. The van der Waals surface area contributed by atoms with E-state index < -0.39 is 18.2 Å². The molecule has 0 radical (unpaired) electrons. The average Bonchev–Trinajstić information content (AvgIpc) is 3.12. The fourth-order valence-electron chi connectivity index (χ4n) is 6.35. The maximum Gasteiger partial charge on any atom is 0.414 e. The molecule has 5 heterocycles. The molecule has 3 aliphatic heterocycles. The summed E-state index contributed by atoms with van der Waals surface area (Å²) in [5.74, 6) is 0.455. The monoisotopic (exact) mass is 722 g/mol. The number of esters is 1. The van der Waals surface area contributed by atoms with E-state index in [0.717, 1.165) is 25.9 Å². The number of rotatable bonds is 11. The summed E-state index contributed by atoms with van der Waals surface area (Å²) in [6.07, 6.45) is 4.23. The van der Waals surface area contributed by atoms with Gasteiger partial charge in [-0.2, -0.15) is 4.73 Å². The molecule has 0 spiro atoms. The van der Waals surface area contributed by atoms with Crippen molar-refractivity contribution in [2.24, 2.45) is 5.92 Å². The van der Waals surface area contributed by atoms with Crippen molar-refractivity contribution in [1.29, 1.82) is 0 Å². The molecule has 1 unspecified atom stereocenters. The summed E-state index contributed by atoms with van der Waals surface area (Å²) in [7, 11) is 3.02. The van der Waals surface area contributed by atoms with Gasteiger partial charge in [0.2, 0.25) is 5.88 Å². The molecule has 2 aromatic carbocycles. The van der Waals surface area contributed by atoms with Gasteiger partial charge in [-0.05, 0) is 73.3 Å². The number of nitrogens with zero attached hydrogens (tertiary/aromatic N) is 4. The summed E-state index contributed by atoms with van der Waals surface area (Å²) >= 11 is 12.8. The molecule has 0 aliphatic carbocycles. The number of piperidine rings is 3. The van der Waals surface area contributed by atoms with Gasteiger partial charge in [-0.25, -0.2) is 14.6 Å². The first-order chi connectivity index (χ1) is 24.1. The highest BCUT2D eigenvalue weighted by Gasteiger charge is 2.37. The van der Waals surface area contributed by atoms with Crippen LogP contribution in [0.1, 0.15) is 46.0 Å². The first kappa shape index (κ1) is 35.1. The molecule has 2 aromatic heterocycles. The zero-order valence-electron chi connectivity index (χ0n) is 27.5. The standard InChI is InChI=1S/C36H36Cl2N4O8/c1-47-30-9-7-25(15-32(30)48-2)31(16-27-28(37)19-41(46)20-29(27)38)49-35(44)24-5-3-22(4-6-24)18-42(26-8-10-34(43)39-17-26)36(45)50-33-21-40-13-11-23(33)12-14-40/h3-10,15,17,19-20,23,31,33H,11-14,16,18,21H2,1-2H3,(H,39,43)/t31?,33-/m0/s1. The van der Waals surface area contributed by atoms with Gasteiger partial charge in [0.15, 0.2) is 23.9 Å². The zero-order valence-corrected chi connectivity index (χ0v) is 29.0. The molecule has 262 valence electrons. The third-order valence-electron chi connectivity index (χ3n) is 9.12. The number of ether oxygens (including phenoxy) is 4. The highest BCUT2D eigenvalue weighted by Crippen LogP contribution is 2.36. The summed E-state index contributed by atoms with van der Waals surface area (Å²) in [4.78, 5) is 34.9. The van der Waals surface area contributed by atoms with E-state index >= 15 is 0 Å². The van der Waals surface area contributed by atoms with Crippen LogP contribution in [0.2, 0.25) is 10.0 Å². The van der Waals surface area contributed by atoms with E-state index in [1.54, 1.807) is 48.5 Å². The van der Waals surface area contributed by atoms with Gasteiger partial charge in [0.05, 0.1) is 38.2 Å². The third kappa shape index (κ3) is 7.99. The molecule has 1 amide bonds. The highest BCUT2D eigenvalue weighted by molar-refractivity contribution is 6.35. The second kappa shape index (κ2) is 15.4. The summed E-state index contributed by atoms with van der Waals surface area (Å²) in [6, 6.07) is 14.8. The number of halogens is 2. The topological polar surface area (TPSA) is 138 Å². The van der Waals surface area contributed by atoms with Crippen LogP contribution in [0.3, 0.4) is 0 Å². The van der Waals surface area contributed by atoms with Gasteiger partial charge < -0.3 is 29.3 Å². The minimum atomic E-state index is -0.877. The van der Waals surface area contributed by atoms with Crippen molar-refractivity contribution in [3.05, 3.63) is 111 Å². The number of fused-ring (bicyclic) bond motifs is 3. The maximum atomic E-state index is 13.6. The molecule has 3 fully saturated rings. The Balaban J connectivity index is 1.21. The van der Waals surface area contributed by atoms with E-state index in [4.69, 9.17) is 42.1 Å². The van der Waals surface area contributed by atoms with Crippen LogP contribution in [-0.2, 0) is 22.4 Å². The Hall–Kier alpha value is -4.78. The molecule has 4 aromatic rings. The highest BCUT2D eigenvalue weighted by atomic mass is 35.5. The van der Waals surface area contributed by atoms with Crippen LogP contribution in [-0.4, -0.2) is 67.0 Å². The summed E-state index contributed by atoms with van der Waals surface area (Å²) in [5, 5.41) is 21.9. The lowest BCUT2D eigenvalue weighted by molar-refractivity contribution is -0.605. The van der Waals surface area contributed by atoms with Crippen LogP contribution in [0.15, 0.2) is 73.2 Å². The first-order valence-electron chi connectivity index (χ1n) is 16.1. The maximum absolute atomic E-state index is 13.6. The normalized spacial score (nSPS) is 18.6. The van der Waals surface area contributed by atoms with Crippen molar-refractivity contribution in [1.82, 2.24) is 9.88 Å². The Morgan fingerprint density at radius 1 is 1.02 bits per heavy atom. The molecular formula is C36H36Cl2N4O8. The van der Waals surface area contributed by atoms with E-state index in [2.05, 4.69) is 9.88 Å². The fraction of sp³-hybridized carbons (Fsp3) is 0.333. The lowest BCUT2D eigenvalue weighted by atomic mass is 9.86. The Labute approximate surface area is 299 Å². The lowest BCUT2D eigenvalue weighted by Gasteiger charge is -2.44. The molecule has 50 heavy (non-hydrogen) atoms. The van der Waals surface area contributed by atoms with Gasteiger partial charge in [0, 0.05) is 24.6 Å². The number of hydrogen-bond acceptors (Lipinski definition) is 10. The summed E-state index contributed by atoms with van der Waals surface area (Å²) in [5.41, 5.74) is 2.44. The number of methoxy groups -OCH3 is 2. The van der Waals surface area contributed by atoms with Crippen molar-refractivity contribution >= 4 is 41.0 Å². The molecule has 3 aliphatic rings. The van der Waals surface area contributed by atoms with E-state index in [-0.39, 0.29) is 40.6 Å². The van der Waals surface area contributed by atoms with Crippen LogP contribution in [0.4, 0.5) is 10.5 Å². The SMILES string of the molecule is COc1ccc(C(Cc2c(Cl)c[n+]([O-])cc2Cl)OC(=O)c2ccc(CN(C(=O)O[C@H]3CN4CCC3CC4)c3ccc(O)nc3)cc2)cc1OC. The number of hydrogen-bond donors (Lipinski definition) is 1. The second-order valence-corrected chi connectivity index (χ2v) is 13.0. The number of carbonyl (C=O) groups is 2. The number of carbonyl (C=O) groups excluding carboxylic acids is 2. The minimum Gasteiger partial charge on any atom is -0.619 e. The van der Waals surface area contributed by atoms with Crippen LogP contribution in [0, 0.1) is 11.1 Å². The number of benzene rings is 2. The Morgan fingerprint density at radius 3 is 2.32 bits per heavy atom. The van der Waals surface area contributed by atoms with Crippen LogP contribution in [0.25, 0.3) is 0 Å². The zero-order chi connectivity index (χ0) is 35.4. The predicted molar refractivity (Wildman–Crippen MR) is 185 cm³/mol. The van der Waals surface area contributed by atoms with E-state index in [9.17, 15) is 19.9 Å². The van der Waals surface area contributed by atoms with Crippen LogP contribution >= 0.6 is 23.2 Å². The summed E-state index contributed by atoms with van der Waals surface area (Å²) in [6.45, 7) is 2.87. The Morgan fingerprint density at radius 2 is 1.72 bits per heavy atom. The van der Waals surface area contributed by atoms with Crippen molar-refractivity contribution < 1.29 is 38.4 Å². The second-order valence-electron chi connectivity index (χ2n) is 12.2. The van der Waals surface area contributed by atoms with E-state index in [0.29, 0.717) is 51.1 Å². The van der Waals surface area contributed by atoms with Crippen molar-refractivity contribution in [2.45, 2.75) is 38.0 Å². The molecular weight excluding hydrogens is 687 g/mol. The van der Waals surface area contributed by atoms with Gasteiger partial charge >= 0.3 is 12.1 Å². The molecule has 1 N–H and O–H groups in total. The Kier molecular flexibility index (Phi) is 10.8. The predicted octanol–water partition coefficient (Wildman–Crippen LogP) is 6.12. The number of aromatic hydroxyl groups is 1. The van der Waals surface area contributed by atoms with Crippen molar-refractivity contribution in [3.8, 4) is 17.4 Å². The Bertz CT molecular complexity index is 1810. The molecule has 3 saturated heterocycles. The number of aromatic nitrogens is 2. The smallest absolute Gasteiger partial charge is 0.414 e. The molecule has 2 atom stereocenters. The first-order valence-corrected chi connectivity index (χ1v) is 16.8. The largest absolute Gasteiger partial charge is 0.619 e. The van der Waals surface area contributed by atoms with Crippen LogP contribution < -0.4 is 19.1 Å². The number of anilines is 1. The lowest BCUT2D eigenvalue weighted by Crippen LogP contribution is -2.53. The quantitative estimate of drug-likeness (QED) is 0.109. The van der Waals surface area contributed by atoms with E-state index in [1.807, 2.05) is 0 Å². The molecule has 7 rings (SSSR count). The van der Waals surface area contributed by atoms with Crippen molar-refractivity contribution in [2.75, 3.05) is 38.8 Å².